The second kappa shape index (κ2) is 5.91. The fourth-order valence-electron chi connectivity index (χ4n) is 2.26. The van der Waals surface area contributed by atoms with Crippen molar-refractivity contribution < 1.29 is 18.7 Å². The summed E-state index contributed by atoms with van der Waals surface area (Å²) in [6.07, 6.45) is 4.94. The summed E-state index contributed by atoms with van der Waals surface area (Å²) in [5.74, 6) is -0.268. The van der Waals surface area contributed by atoms with Crippen LogP contribution in [-0.4, -0.2) is 24.0 Å². The van der Waals surface area contributed by atoms with Crippen LogP contribution in [0.15, 0.2) is 16.7 Å². The van der Waals surface area contributed by atoms with Crippen molar-refractivity contribution in [2.24, 2.45) is 0 Å². The Bertz CT molecular complexity index is 460. The number of carbonyl (C=O) groups is 2. The molecule has 0 bridgehead atoms. The van der Waals surface area contributed by atoms with Crippen LogP contribution >= 0.6 is 0 Å². The molecular weight excluding hydrogens is 246 g/mol. The lowest BCUT2D eigenvalue weighted by molar-refractivity contribution is -0.129. The van der Waals surface area contributed by atoms with Crippen LogP contribution in [0.5, 0.6) is 0 Å². The second-order valence-corrected chi connectivity index (χ2v) is 4.93. The molecule has 1 heterocycles. The number of carbonyl (C=O) groups excluding carboxylic acids is 2. The van der Waals surface area contributed by atoms with Crippen molar-refractivity contribution in [1.29, 1.82) is 0 Å². The summed E-state index contributed by atoms with van der Waals surface area (Å²) < 4.78 is 10.2. The number of esters is 1. The molecule has 1 atom stereocenters. The molecule has 2 rings (SSSR count). The molecule has 1 amide bonds. The smallest absolute Gasteiger partial charge is 0.342 e. The van der Waals surface area contributed by atoms with Crippen molar-refractivity contribution in [2.45, 2.75) is 51.7 Å². The van der Waals surface area contributed by atoms with Gasteiger partial charge in [0.2, 0.25) is 0 Å². The lowest BCUT2D eigenvalue weighted by Gasteiger charge is -2.16. The van der Waals surface area contributed by atoms with Gasteiger partial charge in [-0.1, -0.05) is 12.8 Å². The lowest BCUT2D eigenvalue weighted by atomic mass is 10.2. The zero-order chi connectivity index (χ0) is 13.8. The monoisotopic (exact) mass is 265 g/mol. The summed E-state index contributed by atoms with van der Waals surface area (Å²) in [5, 5.41) is 2.90. The van der Waals surface area contributed by atoms with Crippen molar-refractivity contribution >= 4 is 11.9 Å². The molecule has 1 aliphatic carbocycles. The molecule has 104 valence electrons. The van der Waals surface area contributed by atoms with E-state index in [9.17, 15) is 9.59 Å². The van der Waals surface area contributed by atoms with Crippen LogP contribution in [0.4, 0.5) is 0 Å². The molecular formula is C14H19NO4. The molecule has 1 aromatic heterocycles. The zero-order valence-electron chi connectivity index (χ0n) is 11.3. The molecule has 0 spiro atoms. The largest absolute Gasteiger partial charge is 0.469 e. The highest BCUT2D eigenvalue weighted by atomic mass is 16.5. The lowest BCUT2D eigenvalue weighted by Crippen LogP contribution is -2.40. The molecule has 1 fully saturated rings. The summed E-state index contributed by atoms with van der Waals surface area (Å²) >= 11 is 0. The van der Waals surface area contributed by atoms with Gasteiger partial charge >= 0.3 is 5.97 Å². The normalized spacial score (nSPS) is 17.2. The molecule has 0 radical (unpaired) electrons. The van der Waals surface area contributed by atoms with E-state index in [4.69, 9.17) is 9.15 Å². The van der Waals surface area contributed by atoms with E-state index in [0.29, 0.717) is 11.3 Å². The SMILES string of the molecule is Cc1occc1C(=O)O[C@H](C)C(=O)NC1CCCC1. The number of furan rings is 1. The molecule has 0 aromatic carbocycles. The van der Waals surface area contributed by atoms with E-state index >= 15 is 0 Å². The third-order valence-corrected chi connectivity index (χ3v) is 3.43. The molecule has 1 saturated carbocycles. The highest BCUT2D eigenvalue weighted by molar-refractivity contribution is 5.92. The number of nitrogens with one attached hydrogen (secondary N) is 1. The van der Waals surface area contributed by atoms with Crippen LogP contribution in [0.2, 0.25) is 0 Å². The predicted octanol–water partition coefficient (Wildman–Crippen LogP) is 2.19. The first-order valence-corrected chi connectivity index (χ1v) is 6.63. The van der Waals surface area contributed by atoms with Gasteiger partial charge in [-0.15, -0.1) is 0 Å². The third kappa shape index (κ3) is 3.36. The summed E-state index contributed by atoms with van der Waals surface area (Å²) in [6.45, 7) is 3.26. The van der Waals surface area contributed by atoms with Gasteiger partial charge in [0.05, 0.1) is 6.26 Å². The topological polar surface area (TPSA) is 68.5 Å². The van der Waals surface area contributed by atoms with Gasteiger partial charge in [0.15, 0.2) is 6.10 Å². The van der Waals surface area contributed by atoms with Crippen LogP contribution in [0.25, 0.3) is 0 Å². The van der Waals surface area contributed by atoms with Gasteiger partial charge in [-0.2, -0.15) is 0 Å². The average molecular weight is 265 g/mol. The van der Waals surface area contributed by atoms with Crippen molar-refractivity contribution in [1.82, 2.24) is 5.32 Å². The molecule has 0 saturated heterocycles. The molecule has 1 aliphatic rings. The van der Waals surface area contributed by atoms with Crippen LogP contribution in [0, 0.1) is 6.92 Å². The predicted molar refractivity (Wildman–Crippen MR) is 68.7 cm³/mol. The summed E-state index contributed by atoms with van der Waals surface area (Å²) in [7, 11) is 0. The molecule has 0 aliphatic heterocycles. The Morgan fingerprint density at radius 2 is 2.11 bits per heavy atom. The Labute approximate surface area is 112 Å². The third-order valence-electron chi connectivity index (χ3n) is 3.43. The maximum Gasteiger partial charge on any atom is 0.342 e. The fourth-order valence-corrected chi connectivity index (χ4v) is 2.26. The Hall–Kier alpha value is -1.78. The van der Waals surface area contributed by atoms with Crippen LogP contribution in [-0.2, 0) is 9.53 Å². The van der Waals surface area contributed by atoms with E-state index in [1.807, 2.05) is 0 Å². The van der Waals surface area contributed by atoms with E-state index in [0.717, 1.165) is 25.7 Å². The van der Waals surface area contributed by atoms with E-state index in [-0.39, 0.29) is 11.9 Å². The molecule has 5 heteroatoms. The van der Waals surface area contributed by atoms with Gasteiger partial charge in [-0.05, 0) is 32.8 Å². The first-order valence-electron chi connectivity index (χ1n) is 6.63. The summed E-state index contributed by atoms with van der Waals surface area (Å²) in [5.41, 5.74) is 0.362. The summed E-state index contributed by atoms with van der Waals surface area (Å²) in [4.78, 5) is 23.7. The van der Waals surface area contributed by atoms with Crippen molar-refractivity contribution in [3.05, 3.63) is 23.7 Å². The molecule has 1 N–H and O–H groups in total. The molecule has 1 aromatic rings. The van der Waals surface area contributed by atoms with Crippen molar-refractivity contribution in [3.8, 4) is 0 Å². The van der Waals surface area contributed by atoms with Crippen LogP contribution in [0.1, 0.15) is 48.7 Å². The molecule has 5 nitrogen and oxygen atoms in total. The quantitative estimate of drug-likeness (QED) is 0.847. The minimum absolute atomic E-state index is 0.226. The Kier molecular flexibility index (Phi) is 4.24. The number of rotatable bonds is 4. The highest BCUT2D eigenvalue weighted by Crippen LogP contribution is 2.18. The first-order chi connectivity index (χ1) is 9.08. The minimum atomic E-state index is -0.789. The molecule has 19 heavy (non-hydrogen) atoms. The van der Waals surface area contributed by atoms with E-state index in [1.54, 1.807) is 19.9 Å². The van der Waals surface area contributed by atoms with Gasteiger partial charge < -0.3 is 14.5 Å². The summed E-state index contributed by atoms with van der Waals surface area (Å²) in [6, 6.07) is 1.77. The van der Waals surface area contributed by atoms with Gasteiger partial charge in [0, 0.05) is 6.04 Å². The first kappa shape index (κ1) is 13.6. The standard InChI is InChI=1S/C14H19NO4/c1-9-12(7-8-18-9)14(17)19-10(2)13(16)15-11-5-3-4-6-11/h7-8,10-11H,3-6H2,1-2H3,(H,15,16)/t10-/m1/s1. The van der Waals surface area contributed by atoms with E-state index in [2.05, 4.69) is 5.32 Å². The zero-order valence-corrected chi connectivity index (χ0v) is 11.3. The van der Waals surface area contributed by atoms with E-state index < -0.39 is 12.1 Å². The van der Waals surface area contributed by atoms with Gasteiger partial charge in [-0.3, -0.25) is 4.79 Å². The number of hydrogen-bond acceptors (Lipinski definition) is 4. The Balaban J connectivity index is 1.86. The minimum Gasteiger partial charge on any atom is -0.469 e. The van der Waals surface area contributed by atoms with Crippen LogP contribution in [0.3, 0.4) is 0 Å². The molecule has 0 unspecified atom stereocenters. The van der Waals surface area contributed by atoms with Gasteiger partial charge in [0.25, 0.3) is 5.91 Å². The van der Waals surface area contributed by atoms with Gasteiger partial charge in [-0.25, -0.2) is 4.79 Å². The highest BCUT2D eigenvalue weighted by Gasteiger charge is 2.24. The second-order valence-electron chi connectivity index (χ2n) is 4.93. The van der Waals surface area contributed by atoms with E-state index in [1.165, 1.54) is 6.26 Å². The number of amides is 1. The van der Waals surface area contributed by atoms with Crippen molar-refractivity contribution in [3.63, 3.8) is 0 Å². The average Bonchev–Trinajstić information content (AvgIpc) is 3.00. The Morgan fingerprint density at radius 1 is 1.42 bits per heavy atom. The number of ether oxygens (including phenoxy) is 1. The number of hydrogen-bond donors (Lipinski definition) is 1. The van der Waals surface area contributed by atoms with Crippen LogP contribution < -0.4 is 5.32 Å². The fraction of sp³-hybridized carbons (Fsp3) is 0.571. The Morgan fingerprint density at radius 3 is 2.68 bits per heavy atom. The van der Waals surface area contributed by atoms with Gasteiger partial charge in [0.1, 0.15) is 11.3 Å². The maximum atomic E-state index is 11.9. The van der Waals surface area contributed by atoms with Crippen molar-refractivity contribution in [2.75, 3.05) is 0 Å². The maximum absolute atomic E-state index is 11.9. The number of aryl methyl sites for hydroxylation is 1.